The third-order valence-corrected chi connectivity index (χ3v) is 4.77. The maximum atomic E-state index is 12.5. The molecule has 0 spiro atoms. The number of halogens is 3. The fraction of sp³-hybridized carbons (Fsp3) is 0.182. The van der Waals surface area contributed by atoms with Gasteiger partial charge in [-0.05, 0) is 6.07 Å². The molecule has 1 aromatic heterocycles. The summed E-state index contributed by atoms with van der Waals surface area (Å²) < 4.78 is 68.5. The second-order valence-corrected chi connectivity index (χ2v) is 6.76. The second-order valence-electron chi connectivity index (χ2n) is 4.17. The van der Waals surface area contributed by atoms with E-state index in [0.717, 1.165) is 25.3 Å². The molecule has 0 saturated carbocycles. The Morgan fingerprint density at radius 2 is 1.96 bits per heavy atom. The summed E-state index contributed by atoms with van der Waals surface area (Å²) in [6.07, 6.45) is 0. The molecule has 0 amide bonds. The lowest BCUT2D eigenvalue weighted by Crippen LogP contribution is -2.28. The fourth-order valence-corrected chi connectivity index (χ4v) is 3.21. The van der Waals surface area contributed by atoms with Gasteiger partial charge in [0.1, 0.15) is 0 Å². The summed E-state index contributed by atoms with van der Waals surface area (Å²) in [6, 6.07) is 3.00. The van der Waals surface area contributed by atoms with Crippen molar-refractivity contribution >= 4 is 43.2 Å². The fourth-order valence-electron chi connectivity index (χ4n) is 1.64. The predicted octanol–water partition coefficient (Wildman–Crippen LogP) is 2.82. The molecule has 24 heavy (non-hydrogen) atoms. The number of thiophene rings is 1. The first-order valence-corrected chi connectivity index (χ1v) is 8.00. The molecule has 1 aromatic carbocycles. The minimum atomic E-state index is -6.08. The Balaban J connectivity index is 2.74. The molecule has 0 bridgehead atoms. The van der Waals surface area contributed by atoms with Gasteiger partial charge in [0.15, 0.2) is 10.6 Å². The number of carbonyl (C=O) groups is 1. The van der Waals surface area contributed by atoms with Gasteiger partial charge in [-0.2, -0.15) is 21.6 Å². The highest BCUT2D eigenvalue weighted by Gasteiger charge is 2.49. The van der Waals surface area contributed by atoms with E-state index in [2.05, 4.69) is 8.92 Å². The molecule has 0 atom stereocenters. The summed E-state index contributed by atoms with van der Waals surface area (Å²) in [7, 11) is -5.15. The molecule has 1 heterocycles. The lowest BCUT2D eigenvalue weighted by Gasteiger charge is -2.10. The van der Waals surface area contributed by atoms with Crippen LogP contribution in [0.25, 0.3) is 10.1 Å². The first-order valence-electron chi connectivity index (χ1n) is 5.78. The molecular formula is C11H6F3NO7S2. The maximum Gasteiger partial charge on any atom is 0.534 e. The minimum absolute atomic E-state index is 0.105. The van der Waals surface area contributed by atoms with E-state index in [-0.39, 0.29) is 10.1 Å². The molecule has 0 aliphatic rings. The lowest BCUT2D eigenvalue weighted by molar-refractivity contribution is -0.384. The van der Waals surface area contributed by atoms with Gasteiger partial charge in [0.2, 0.25) is 0 Å². The van der Waals surface area contributed by atoms with Crippen LogP contribution in [0, 0.1) is 10.1 Å². The Labute approximate surface area is 135 Å². The van der Waals surface area contributed by atoms with E-state index in [0.29, 0.717) is 11.3 Å². The molecule has 0 fully saturated rings. The normalized spacial score (nSPS) is 12.2. The Morgan fingerprint density at radius 1 is 1.33 bits per heavy atom. The number of methoxy groups -OCH3 is 1. The summed E-state index contributed by atoms with van der Waals surface area (Å²) >= 11 is 0.574. The number of fused-ring (bicyclic) bond motifs is 1. The molecule has 13 heteroatoms. The van der Waals surface area contributed by atoms with Crippen LogP contribution in [0.15, 0.2) is 18.2 Å². The molecule has 0 unspecified atom stereocenters. The summed E-state index contributed by atoms with van der Waals surface area (Å²) in [5.41, 5.74) is -6.26. The summed E-state index contributed by atoms with van der Waals surface area (Å²) in [5, 5.41) is 10.4. The first-order chi connectivity index (χ1) is 11.0. The van der Waals surface area contributed by atoms with Crippen molar-refractivity contribution in [2.75, 3.05) is 7.11 Å². The van der Waals surface area contributed by atoms with Crippen LogP contribution < -0.4 is 4.18 Å². The van der Waals surface area contributed by atoms with Crippen molar-refractivity contribution in [2.24, 2.45) is 0 Å². The summed E-state index contributed by atoms with van der Waals surface area (Å²) in [4.78, 5) is 21.0. The molecular weight excluding hydrogens is 379 g/mol. The van der Waals surface area contributed by atoms with Gasteiger partial charge < -0.3 is 8.92 Å². The number of ether oxygens (including phenoxy) is 1. The topological polar surface area (TPSA) is 113 Å². The number of nitrogens with zero attached hydrogens (tertiary/aromatic N) is 1. The van der Waals surface area contributed by atoms with Crippen molar-refractivity contribution in [2.45, 2.75) is 5.51 Å². The number of nitro benzene ring substituents is 1. The lowest BCUT2D eigenvalue weighted by atomic mass is 10.2. The SMILES string of the molecule is COC(=O)c1sc2ccc([N+](=O)[O-])cc2c1OS(=O)(=O)C(F)(F)F. The number of hydrogen-bond donors (Lipinski definition) is 0. The number of alkyl halides is 3. The number of benzene rings is 1. The summed E-state index contributed by atoms with van der Waals surface area (Å²) in [6.45, 7) is 0. The number of hydrogen-bond acceptors (Lipinski definition) is 8. The van der Waals surface area contributed by atoms with E-state index < -0.39 is 42.8 Å². The molecule has 130 valence electrons. The number of non-ortho nitro benzene ring substituents is 1. The van der Waals surface area contributed by atoms with Crippen LogP contribution in [0.1, 0.15) is 9.67 Å². The number of nitro groups is 1. The second kappa shape index (κ2) is 5.90. The van der Waals surface area contributed by atoms with Gasteiger partial charge in [-0.1, -0.05) is 0 Å². The molecule has 2 aromatic rings. The van der Waals surface area contributed by atoms with Gasteiger partial charge in [-0.15, -0.1) is 11.3 Å². The van der Waals surface area contributed by atoms with Crippen molar-refractivity contribution < 1.29 is 40.2 Å². The molecule has 0 radical (unpaired) electrons. The summed E-state index contributed by atoms with van der Waals surface area (Å²) in [5.74, 6) is -2.12. The minimum Gasteiger partial charge on any atom is -0.465 e. The van der Waals surface area contributed by atoms with Gasteiger partial charge in [0, 0.05) is 22.2 Å². The number of rotatable bonds is 4. The smallest absolute Gasteiger partial charge is 0.465 e. The quantitative estimate of drug-likeness (QED) is 0.261. The number of carbonyl (C=O) groups excluding carboxylic acids is 1. The average Bonchev–Trinajstić information content (AvgIpc) is 2.82. The standard InChI is InChI=1S/C11H6F3NO7S2/c1-21-10(16)9-8(22-24(19,20)11(12,13)14)6-4-5(15(17)18)2-3-7(6)23-9/h2-4H,1H3. The van der Waals surface area contributed by atoms with E-state index >= 15 is 0 Å². The predicted molar refractivity (Wildman–Crippen MR) is 75.4 cm³/mol. The highest BCUT2D eigenvalue weighted by Crippen LogP contribution is 2.42. The van der Waals surface area contributed by atoms with Crippen LogP contribution in [0.3, 0.4) is 0 Å². The van der Waals surface area contributed by atoms with Gasteiger partial charge in [0.05, 0.1) is 12.0 Å². The zero-order valence-electron chi connectivity index (χ0n) is 11.5. The number of esters is 1. The zero-order valence-corrected chi connectivity index (χ0v) is 13.1. The molecule has 0 saturated heterocycles. The molecule has 8 nitrogen and oxygen atoms in total. The van der Waals surface area contributed by atoms with Gasteiger partial charge in [0.25, 0.3) is 5.69 Å². The van der Waals surface area contributed by atoms with Crippen molar-refractivity contribution in [3.63, 3.8) is 0 Å². The molecule has 0 aliphatic heterocycles. The van der Waals surface area contributed by atoms with Crippen LogP contribution in [-0.2, 0) is 14.9 Å². The molecule has 0 aliphatic carbocycles. The van der Waals surface area contributed by atoms with E-state index in [1.807, 2.05) is 0 Å². The molecule has 2 rings (SSSR count). The Bertz CT molecular complexity index is 933. The monoisotopic (exact) mass is 385 g/mol. The van der Waals surface area contributed by atoms with E-state index in [1.165, 1.54) is 0 Å². The van der Waals surface area contributed by atoms with Crippen LogP contribution in [-0.4, -0.2) is 31.9 Å². The van der Waals surface area contributed by atoms with Crippen LogP contribution >= 0.6 is 11.3 Å². The highest BCUT2D eigenvalue weighted by atomic mass is 32.2. The van der Waals surface area contributed by atoms with E-state index in [4.69, 9.17) is 0 Å². The Hall–Kier alpha value is -2.41. The molecule has 0 N–H and O–H groups in total. The first kappa shape index (κ1) is 17.9. The average molecular weight is 385 g/mol. The largest absolute Gasteiger partial charge is 0.534 e. The third kappa shape index (κ3) is 3.12. The van der Waals surface area contributed by atoms with Crippen LogP contribution in [0.2, 0.25) is 0 Å². The maximum absolute atomic E-state index is 12.5. The van der Waals surface area contributed by atoms with Gasteiger partial charge in [-0.25, -0.2) is 4.79 Å². The van der Waals surface area contributed by atoms with Crippen LogP contribution in [0.4, 0.5) is 18.9 Å². The van der Waals surface area contributed by atoms with E-state index in [1.54, 1.807) is 0 Å². The van der Waals surface area contributed by atoms with Gasteiger partial charge >= 0.3 is 21.6 Å². The zero-order chi connectivity index (χ0) is 18.3. The third-order valence-electron chi connectivity index (χ3n) is 2.68. The Morgan fingerprint density at radius 3 is 2.46 bits per heavy atom. The highest BCUT2D eigenvalue weighted by molar-refractivity contribution is 7.88. The van der Waals surface area contributed by atoms with E-state index in [9.17, 15) is 36.5 Å². The van der Waals surface area contributed by atoms with Gasteiger partial charge in [-0.3, -0.25) is 10.1 Å². The Kier molecular flexibility index (Phi) is 4.41. The van der Waals surface area contributed by atoms with Crippen molar-refractivity contribution in [1.82, 2.24) is 0 Å². The van der Waals surface area contributed by atoms with Crippen molar-refractivity contribution in [3.05, 3.63) is 33.2 Å². The van der Waals surface area contributed by atoms with Crippen molar-refractivity contribution in [3.8, 4) is 5.75 Å². The van der Waals surface area contributed by atoms with Crippen molar-refractivity contribution in [1.29, 1.82) is 0 Å². The van der Waals surface area contributed by atoms with Crippen LogP contribution in [0.5, 0.6) is 5.75 Å².